The monoisotopic (exact) mass is 296 g/mol. The Kier molecular flexibility index (Phi) is 2.84. The van der Waals surface area contributed by atoms with Gasteiger partial charge in [-0.1, -0.05) is 23.2 Å². The third-order valence-corrected chi connectivity index (χ3v) is 3.08. The summed E-state index contributed by atoms with van der Waals surface area (Å²) in [6, 6.07) is 7.36. The number of nitrogen functional groups attached to an aromatic ring is 1. The van der Waals surface area contributed by atoms with Gasteiger partial charge in [-0.3, -0.25) is 0 Å². The zero-order valence-corrected chi connectivity index (χ0v) is 11.0. The van der Waals surface area contributed by atoms with Gasteiger partial charge < -0.3 is 10.2 Å². The first-order chi connectivity index (χ1) is 9.02. The molecule has 1 aromatic heterocycles. The zero-order valence-electron chi connectivity index (χ0n) is 9.45. The van der Waals surface area contributed by atoms with Crippen molar-refractivity contribution in [2.24, 2.45) is 0 Å². The number of oxazole rings is 1. The van der Waals surface area contributed by atoms with E-state index in [9.17, 15) is 4.39 Å². The number of hydrogen-bond donors (Lipinski definition) is 1. The van der Waals surface area contributed by atoms with Crippen LogP contribution in [0.3, 0.4) is 0 Å². The molecule has 0 spiro atoms. The van der Waals surface area contributed by atoms with Gasteiger partial charge in [0.05, 0.1) is 5.02 Å². The molecular weight excluding hydrogens is 290 g/mol. The molecule has 0 radical (unpaired) electrons. The minimum absolute atomic E-state index is 0.170. The third kappa shape index (κ3) is 2.25. The van der Waals surface area contributed by atoms with Crippen LogP contribution >= 0.6 is 23.2 Å². The minimum atomic E-state index is -0.469. The maximum absolute atomic E-state index is 13.2. The van der Waals surface area contributed by atoms with Gasteiger partial charge in [-0.15, -0.1) is 0 Å². The number of nitrogens with zero attached hydrogens (tertiary/aromatic N) is 1. The number of aromatic nitrogens is 1. The van der Waals surface area contributed by atoms with Gasteiger partial charge in [0.1, 0.15) is 11.3 Å². The molecule has 0 atom stereocenters. The lowest BCUT2D eigenvalue weighted by Gasteiger charge is -1.99. The van der Waals surface area contributed by atoms with Crippen LogP contribution in [0.2, 0.25) is 10.0 Å². The average Bonchev–Trinajstić information content (AvgIpc) is 2.71. The van der Waals surface area contributed by atoms with Crippen LogP contribution in [0.4, 0.5) is 10.1 Å². The zero-order chi connectivity index (χ0) is 13.6. The first kappa shape index (κ1) is 12.3. The number of halogens is 3. The van der Waals surface area contributed by atoms with E-state index in [0.717, 1.165) is 0 Å². The molecule has 6 heteroatoms. The molecule has 2 aromatic carbocycles. The summed E-state index contributed by atoms with van der Waals surface area (Å²) in [7, 11) is 0. The molecule has 3 aromatic rings. The Balaban J connectivity index is 2.23. The standard InChI is InChI=1S/C13H7Cl2FN2O/c14-7-1-6(2-9(17)3-7)13-18-11-5-8(16)4-10(15)12(11)19-13/h1-5H,17H2. The van der Waals surface area contributed by atoms with E-state index in [1.54, 1.807) is 18.2 Å². The van der Waals surface area contributed by atoms with Crippen molar-refractivity contribution in [2.75, 3.05) is 5.73 Å². The van der Waals surface area contributed by atoms with Crippen LogP contribution in [0, 0.1) is 5.82 Å². The van der Waals surface area contributed by atoms with Gasteiger partial charge in [-0.05, 0) is 24.3 Å². The molecule has 1 heterocycles. The van der Waals surface area contributed by atoms with Crippen LogP contribution in [0.25, 0.3) is 22.6 Å². The fraction of sp³-hybridized carbons (Fsp3) is 0. The highest BCUT2D eigenvalue weighted by molar-refractivity contribution is 6.34. The molecule has 3 nitrogen and oxygen atoms in total. The highest BCUT2D eigenvalue weighted by Gasteiger charge is 2.13. The number of anilines is 1. The molecule has 0 aliphatic rings. The predicted molar refractivity (Wildman–Crippen MR) is 73.8 cm³/mol. The van der Waals surface area contributed by atoms with E-state index in [-0.39, 0.29) is 10.9 Å². The quantitative estimate of drug-likeness (QED) is 0.672. The summed E-state index contributed by atoms with van der Waals surface area (Å²) in [6.45, 7) is 0. The third-order valence-electron chi connectivity index (χ3n) is 2.58. The largest absolute Gasteiger partial charge is 0.435 e. The Labute approximate surface area is 117 Å². The van der Waals surface area contributed by atoms with Crippen LogP contribution in [-0.4, -0.2) is 4.98 Å². The fourth-order valence-corrected chi connectivity index (χ4v) is 2.30. The lowest BCUT2D eigenvalue weighted by molar-refractivity contribution is 0.614. The van der Waals surface area contributed by atoms with Crippen LogP contribution < -0.4 is 5.73 Å². The van der Waals surface area contributed by atoms with Gasteiger partial charge in [-0.2, -0.15) is 0 Å². The van der Waals surface area contributed by atoms with Gasteiger partial charge in [-0.25, -0.2) is 9.37 Å². The second-order valence-electron chi connectivity index (χ2n) is 4.03. The van der Waals surface area contributed by atoms with Crippen molar-refractivity contribution in [1.82, 2.24) is 4.98 Å². The minimum Gasteiger partial charge on any atom is -0.435 e. The Hall–Kier alpha value is -1.78. The molecule has 0 saturated heterocycles. The molecule has 0 aliphatic carbocycles. The molecule has 0 saturated carbocycles. The van der Waals surface area contributed by atoms with E-state index >= 15 is 0 Å². The lowest BCUT2D eigenvalue weighted by Crippen LogP contribution is -1.86. The fourth-order valence-electron chi connectivity index (χ4n) is 1.82. The summed E-state index contributed by atoms with van der Waals surface area (Å²) >= 11 is 11.8. The summed E-state index contributed by atoms with van der Waals surface area (Å²) in [4.78, 5) is 4.18. The topological polar surface area (TPSA) is 52.0 Å². The molecular formula is C13H7Cl2FN2O. The summed E-state index contributed by atoms with van der Waals surface area (Å²) in [5, 5.41) is 0.637. The first-order valence-corrected chi connectivity index (χ1v) is 6.10. The summed E-state index contributed by atoms with van der Waals surface area (Å²) in [6.07, 6.45) is 0. The molecule has 19 heavy (non-hydrogen) atoms. The van der Waals surface area contributed by atoms with Gasteiger partial charge in [0.2, 0.25) is 5.89 Å². The van der Waals surface area contributed by atoms with Crippen LogP contribution in [0.5, 0.6) is 0 Å². The number of hydrogen-bond acceptors (Lipinski definition) is 3. The maximum Gasteiger partial charge on any atom is 0.227 e. The smallest absolute Gasteiger partial charge is 0.227 e. The molecule has 0 bridgehead atoms. The van der Waals surface area contributed by atoms with Crippen molar-refractivity contribution >= 4 is 40.0 Å². The number of fused-ring (bicyclic) bond motifs is 1. The van der Waals surface area contributed by atoms with Crippen molar-refractivity contribution in [2.45, 2.75) is 0 Å². The molecule has 0 aliphatic heterocycles. The number of benzene rings is 2. The summed E-state index contributed by atoms with van der Waals surface area (Å²) in [5.41, 5.74) is 7.48. The number of nitrogens with two attached hydrogens (primary N) is 1. The van der Waals surface area contributed by atoms with Crippen molar-refractivity contribution in [1.29, 1.82) is 0 Å². The highest BCUT2D eigenvalue weighted by Crippen LogP contribution is 2.31. The maximum atomic E-state index is 13.2. The van der Waals surface area contributed by atoms with Crippen molar-refractivity contribution in [3.8, 4) is 11.5 Å². The molecule has 3 rings (SSSR count). The Morgan fingerprint density at radius 2 is 1.89 bits per heavy atom. The predicted octanol–water partition coefficient (Wildman–Crippen LogP) is 4.52. The molecule has 0 fully saturated rings. The molecule has 96 valence electrons. The van der Waals surface area contributed by atoms with Crippen molar-refractivity contribution < 1.29 is 8.81 Å². The highest BCUT2D eigenvalue weighted by atomic mass is 35.5. The number of rotatable bonds is 1. The average molecular weight is 297 g/mol. The van der Waals surface area contributed by atoms with Crippen LogP contribution in [0.1, 0.15) is 0 Å². The summed E-state index contributed by atoms with van der Waals surface area (Å²) in [5.74, 6) is -0.181. The van der Waals surface area contributed by atoms with E-state index < -0.39 is 5.82 Å². The normalized spacial score (nSPS) is 11.1. The molecule has 0 amide bonds. The molecule has 0 unspecified atom stereocenters. The van der Waals surface area contributed by atoms with E-state index in [1.165, 1.54) is 12.1 Å². The van der Waals surface area contributed by atoms with Crippen LogP contribution in [0.15, 0.2) is 34.7 Å². The van der Waals surface area contributed by atoms with E-state index in [2.05, 4.69) is 4.98 Å². The SMILES string of the molecule is Nc1cc(Cl)cc(-c2nc3cc(F)cc(Cl)c3o2)c1. The lowest BCUT2D eigenvalue weighted by atomic mass is 10.2. The van der Waals surface area contributed by atoms with Gasteiger partial charge in [0.25, 0.3) is 0 Å². The van der Waals surface area contributed by atoms with E-state index in [1.807, 2.05) is 0 Å². The Morgan fingerprint density at radius 1 is 1.11 bits per heavy atom. The van der Waals surface area contributed by atoms with E-state index in [4.69, 9.17) is 33.4 Å². The second-order valence-corrected chi connectivity index (χ2v) is 4.87. The van der Waals surface area contributed by atoms with Crippen molar-refractivity contribution in [3.05, 3.63) is 46.2 Å². The first-order valence-electron chi connectivity index (χ1n) is 5.35. The van der Waals surface area contributed by atoms with Crippen molar-refractivity contribution in [3.63, 3.8) is 0 Å². The Morgan fingerprint density at radius 3 is 2.63 bits per heavy atom. The second kappa shape index (κ2) is 4.40. The van der Waals surface area contributed by atoms with Gasteiger partial charge in [0.15, 0.2) is 5.58 Å². The molecule has 2 N–H and O–H groups in total. The van der Waals surface area contributed by atoms with Gasteiger partial charge >= 0.3 is 0 Å². The van der Waals surface area contributed by atoms with Crippen LogP contribution in [-0.2, 0) is 0 Å². The summed E-state index contributed by atoms with van der Waals surface area (Å²) < 4.78 is 18.8. The van der Waals surface area contributed by atoms with E-state index in [0.29, 0.717) is 27.4 Å². The Bertz CT molecular complexity index is 765. The van der Waals surface area contributed by atoms with Gasteiger partial charge in [0, 0.05) is 22.3 Å².